The van der Waals surface area contributed by atoms with Crippen LogP contribution in [0.4, 0.5) is 5.69 Å². The van der Waals surface area contributed by atoms with Crippen molar-refractivity contribution in [1.29, 1.82) is 0 Å². The van der Waals surface area contributed by atoms with E-state index in [2.05, 4.69) is 17.6 Å². The second kappa shape index (κ2) is 12.8. The van der Waals surface area contributed by atoms with Gasteiger partial charge in [-0.25, -0.2) is 9.59 Å². The molecule has 2 aromatic rings. The maximum atomic E-state index is 12.0. The number of ether oxygens (including phenoxy) is 2. The molecule has 1 amide bonds. The van der Waals surface area contributed by atoms with Crippen LogP contribution in [0.25, 0.3) is 0 Å². The van der Waals surface area contributed by atoms with Crippen LogP contribution in [-0.4, -0.2) is 48.8 Å². The molecule has 9 nitrogen and oxygen atoms in total. The molecule has 0 aliphatic rings. The number of aliphatic carboxylic acids is 2. The first-order valence-electron chi connectivity index (χ1n) is 9.07. The highest BCUT2D eigenvalue weighted by atomic mass is 16.5. The maximum Gasteiger partial charge on any atom is 0.414 e. The van der Waals surface area contributed by atoms with E-state index in [-0.39, 0.29) is 12.5 Å². The summed E-state index contributed by atoms with van der Waals surface area (Å²) in [6.45, 7) is 2.91. The molecular formula is C21H26N2O7. The van der Waals surface area contributed by atoms with Crippen molar-refractivity contribution in [2.45, 2.75) is 19.9 Å². The molecule has 30 heavy (non-hydrogen) atoms. The third-order valence-electron chi connectivity index (χ3n) is 3.89. The summed E-state index contributed by atoms with van der Waals surface area (Å²) in [4.78, 5) is 30.2. The minimum absolute atomic E-state index is 0.0697. The first-order chi connectivity index (χ1) is 14.3. The summed E-state index contributed by atoms with van der Waals surface area (Å²) < 4.78 is 10.5. The smallest absolute Gasteiger partial charge is 0.414 e. The molecule has 0 radical (unpaired) electrons. The van der Waals surface area contributed by atoms with E-state index >= 15 is 0 Å². The highest BCUT2D eigenvalue weighted by Crippen LogP contribution is 2.27. The van der Waals surface area contributed by atoms with Gasteiger partial charge < -0.3 is 30.3 Å². The minimum Gasteiger partial charge on any atom is -0.493 e. The molecule has 2 aromatic carbocycles. The molecule has 0 unspecified atom stereocenters. The Kier molecular flexibility index (Phi) is 10.4. The summed E-state index contributed by atoms with van der Waals surface area (Å²) in [6.07, 6.45) is 0.987. The molecule has 0 atom stereocenters. The number of aryl methyl sites for hydroxylation is 1. The minimum atomic E-state index is -1.82. The van der Waals surface area contributed by atoms with Crippen LogP contribution >= 0.6 is 0 Å². The van der Waals surface area contributed by atoms with Crippen molar-refractivity contribution in [3.05, 3.63) is 53.6 Å². The number of amides is 1. The molecule has 0 fully saturated rings. The fourth-order valence-electron chi connectivity index (χ4n) is 2.34. The van der Waals surface area contributed by atoms with Crippen molar-refractivity contribution >= 4 is 23.5 Å². The molecule has 0 saturated heterocycles. The van der Waals surface area contributed by atoms with Crippen molar-refractivity contribution in [2.75, 3.05) is 26.1 Å². The normalized spacial score (nSPS) is 9.70. The molecule has 0 bridgehead atoms. The van der Waals surface area contributed by atoms with Crippen LogP contribution in [0, 0.1) is 0 Å². The standard InChI is InChI=1S/C19H24N2O3.C2H2O4/c1-4-14-5-8-16(9-6-14)21-19(22)13-20-12-15-7-10-17(23-2)18(11-15)24-3;3-1(4)2(5)6/h5-11,20H,4,12-13H2,1-3H3,(H,21,22);(H,3,4)(H,5,6). The van der Waals surface area contributed by atoms with Crippen LogP contribution in [0.3, 0.4) is 0 Å². The van der Waals surface area contributed by atoms with Gasteiger partial charge in [0.1, 0.15) is 0 Å². The summed E-state index contributed by atoms with van der Waals surface area (Å²) in [5.74, 6) is -2.35. The van der Waals surface area contributed by atoms with Gasteiger partial charge in [0, 0.05) is 12.2 Å². The first-order valence-corrected chi connectivity index (χ1v) is 9.07. The number of hydrogen-bond acceptors (Lipinski definition) is 6. The average Bonchev–Trinajstić information content (AvgIpc) is 2.74. The van der Waals surface area contributed by atoms with Gasteiger partial charge in [0.2, 0.25) is 5.91 Å². The lowest BCUT2D eigenvalue weighted by Gasteiger charge is -2.10. The van der Waals surface area contributed by atoms with Gasteiger partial charge >= 0.3 is 11.9 Å². The third kappa shape index (κ3) is 8.61. The fraction of sp³-hybridized carbons (Fsp3) is 0.286. The van der Waals surface area contributed by atoms with Gasteiger partial charge in [-0.15, -0.1) is 0 Å². The number of benzene rings is 2. The van der Waals surface area contributed by atoms with Gasteiger partial charge in [-0.3, -0.25) is 4.79 Å². The lowest BCUT2D eigenvalue weighted by atomic mass is 10.1. The molecular weight excluding hydrogens is 392 g/mol. The zero-order chi connectivity index (χ0) is 22.5. The second-order valence-electron chi connectivity index (χ2n) is 6.00. The molecule has 0 aliphatic carbocycles. The number of anilines is 1. The number of carboxylic acid groups (broad SMARTS) is 2. The van der Waals surface area contributed by atoms with Gasteiger partial charge in [0.15, 0.2) is 11.5 Å². The van der Waals surface area contributed by atoms with Crippen molar-refractivity contribution < 1.29 is 34.1 Å². The van der Waals surface area contributed by atoms with E-state index in [9.17, 15) is 4.79 Å². The van der Waals surface area contributed by atoms with E-state index in [0.717, 1.165) is 17.7 Å². The highest BCUT2D eigenvalue weighted by Gasteiger charge is 2.06. The quantitative estimate of drug-likeness (QED) is 0.479. The summed E-state index contributed by atoms with van der Waals surface area (Å²) >= 11 is 0. The van der Waals surface area contributed by atoms with E-state index in [4.69, 9.17) is 29.3 Å². The Labute approximate surface area is 174 Å². The van der Waals surface area contributed by atoms with E-state index in [1.54, 1.807) is 14.2 Å². The zero-order valence-corrected chi connectivity index (χ0v) is 17.1. The van der Waals surface area contributed by atoms with Gasteiger partial charge in [-0.05, 0) is 41.8 Å². The largest absolute Gasteiger partial charge is 0.493 e. The van der Waals surface area contributed by atoms with Crippen LogP contribution in [0.1, 0.15) is 18.1 Å². The lowest BCUT2D eigenvalue weighted by molar-refractivity contribution is -0.159. The van der Waals surface area contributed by atoms with Crippen LogP contribution in [-0.2, 0) is 27.3 Å². The Bertz CT molecular complexity index is 839. The Morgan fingerprint density at radius 1 is 0.867 bits per heavy atom. The summed E-state index contributed by atoms with van der Waals surface area (Å²) in [5, 5.41) is 20.8. The fourth-order valence-corrected chi connectivity index (χ4v) is 2.34. The topological polar surface area (TPSA) is 134 Å². The van der Waals surface area contributed by atoms with Gasteiger partial charge in [0.25, 0.3) is 0 Å². The average molecular weight is 418 g/mol. The van der Waals surface area contributed by atoms with E-state index < -0.39 is 11.9 Å². The number of carbonyl (C=O) groups excluding carboxylic acids is 1. The number of hydrogen-bond donors (Lipinski definition) is 4. The third-order valence-corrected chi connectivity index (χ3v) is 3.89. The molecule has 162 valence electrons. The number of rotatable bonds is 8. The van der Waals surface area contributed by atoms with E-state index in [1.807, 2.05) is 42.5 Å². The maximum absolute atomic E-state index is 12.0. The van der Waals surface area contributed by atoms with E-state index in [1.165, 1.54) is 5.56 Å². The SMILES string of the molecule is CCc1ccc(NC(=O)CNCc2ccc(OC)c(OC)c2)cc1.O=C(O)C(=O)O. The zero-order valence-electron chi connectivity index (χ0n) is 17.1. The van der Waals surface area contributed by atoms with Crippen molar-refractivity contribution in [3.8, 4) is 11.5 Å². The van der Waals surface area contributed by atoms with Gasteiger partial charge in [-0.1, -0.05) is 25.1 Å². The number of methoxy groups -OCH3 is 2. The molecule has 4 N–H and O–H groups in total. The molecule has 2 rings (SSSR count). The van der Waals surface area contributed by atoms with Crippen LogP contribution in [0.5, 0.6) is 11.5 Å². The highest BCUT2D eigenvalue weighted by molar-refractivity contribution is 6.27. The molecule has 0 aliphatic heterocycles. The monoisotopic (exact) mass is 418 g/mol. The predicted molar refractivity (Wildman–Crippen MR) is 111 cm³/mol. The Balaban J connectivity index is 0.000000656. The van der Waals surface area contributed by atoms with Crippen LogP contribution < -0.4 is 20.1 Å². The first kappa shape index (κ1) is 24.4. The van der Waals surface area contributed by atoms with Crippen molar-refractivity contribution in [1.82, 2.24) is 5.32 Å². The molecule has 0 saturated carbocycles. The second-order valence-corrected chi connectivity index (χ2v) is 6.00. The van der Waals surface area contributed by atoms with Crippen LogP contribution in [0.2, 0.25) is 0 Å². The Morgan fingerprint density at radius 3 is 1.93 bits per heavy atom. The van der Waals surface area contributed by atoms with E-state index in [0.29, 0.717) is 18.0 Å². The van der Waals surface area contributed by atoms with Crippen LogP contribution in [0.15, 0.2) is 42.5 Å². The molecule has 0 spiro atoms. The summed E-state index contributed by atoms with van der Waals surface area (Å²) in [7, 11) is 3.21. The number of carbonyl (C=O) groups is 3. The molecule has 0 aromatic heterocycles. The molecule has 0 heterocycles. The number of nitrogens with one attached hydrogen (secondary N) is 2. The Morgan fingerprint density at radius 2 is 1.43 bits per heavy atom. The Hall–Kier alpha value is -3.59. The summed E-state index contributed by atoms with van der Waals surface area (Å²) in [5.41, 5.74) is 3.08. The van der Waals surface area contributed by atoms with Crippen molar-refractivity contribution in [3.63, 3.8) is 0 Å². The lowest BCUT2D eigenvalue weighted by Crippen LogP contribution is -2.27. The van der Waals surface area contributed by atoms with Gasteiger partial charge in [0.05, 0.1) is 20.8 Å². The van der Waals surface area contributed by atoms with Crippen molar-refractivity contribution in [2.24, 2.45) is 0 Å². The predicted octanol–water partition coefficient (Wildman–Crippen LogP) is 2.15. The van der Waals surface area contributed by atoms with Gasteiger partial charge in [-0.2, -0.15) is 0 Å². The number of carboxylic acids is 2. The molecule has 9 heteroatoms. The summed E-state index contributed by atoms with van der Waals surface area (Å²) in [6, 6.07) is 13.6.